The summed E-state index contributed by atoms with van der Waals surface area (Å²) in [6.07, 6.45) is 2.06. The highest BCUT2D eigenvalue weighted by molar-refractivity contribution is 6.31. The highest BCUT2D eigenvalue weighted by Crippen LogP contribution is 2.39. The second-order valence-electron chi connectivity index (χ2n) is 9.61. The number of carbonyl (C=O) groups is 1. The normalized spacial score (nSPS) is 19.9. The standard InChI is InChI=1S/C25H31ClN2O2.C6H6/c1-3-30-24-13-17(2)23(26)14-20(24)21-15-27-16-22(21)25(29)28-11-9-19(10-12-28)18-7-5-4-6-8-18;1-2-4-6-5-3-1/h4-8,13-14,19,21-22,27H,3,9-12,15-16H2,1-2H3;1-6H/t21?,22-;/m1./s1. The Labute approximate surface area is 220 Å². The maximum Gasteiger partial charge on any atom is 0.227 e. The van der Waals surface area contributed by atoms with Crippen molar-refractivity contribution < 1.29 is 9.53 Å². The molecule has 4 nitrogen and oxygen atoms in total. The number of halogens is 1. The lowest BCUT2D eigenvalue weighted by molar-refractivity contribution is -0.136. The molecule has 190 valence electrons. The first kappa shape index (κ1) is 26.2. The van der Waals surface area contributed by atoms with Crippen LogP contribution in [0.4, 0.5) is 0 Å². The van der Waals surface area contributed by atoms with Crippen molar-refractivity contribution in [1.29, 1.82) is 0 Å². The van der Waals surface area contributed by atoms with Crippen LogP contribution in [0.15, 0.2) is 78.9 Å². The predicted molar refractivity (Wildman–Crippen MR) is 148 cm³/mol. The largest absolute Gasteiger partial charge is 0.494 e. The van der Waals surface area contributed by atoms with E-state index in [9.17, 15) is 4.79 Å². The first-order valence-corrected chi connectivity index (χ1v) is 13.4. The van der Waals surface area contributed by atoms with Gasteiger partial charge in [-0.25, -0.2) is 0 Å². The van der Waals surface area contributed by atoms with Crippen molar-refractivity contribution >= 4 is 17.5 Å². The number of carbonyl (C=O) groups excluding carboxylic acids is 1. The Hall–Kier alpha value is -2.82. The fraction of sp³-hybridized carbons (Fsp3) is 0.387. The lowest BCUT2D eigenvalue weighted by Crippen LogP contribution is -2.43. The van der Waals surface area contributed by atoms with Gasteiger partial charge in [-0.2, -0.15) is 0 Å². The van der Waals surface area contributed by atoms with Gasteiger partial charge < -0.3 is 15.0 Å². The number of nitrogens with one attached hydrogen (secondary N) is 1. The Morgan fingerprint density at radius 1 is 0.972 bits per heavy atom. The van der Waals surface area contributed by atoms with Gasteiger partial charge >= 0.3 is 0 Å². The number of ether oxygens (including phenoxy) is 1. The van der Waals surface area contributed by atoms with Crippen LogP contribution in [0.2, 0.25) is 5.02 Å². The molecular weight excluding hydrogens is 468 g/mol. The summed E-state index contributed by atoms with van der Waals surface area (Å²) >= 11 is 6.44. The van der Waals surface area contributed by atoms with Crippen molar-refractivity contribution in [3.8, 4) is 5.75 Å². The van der Waals surface area contributed by atoms with Crippen LogP contribution < -0.4 is 10.1 Å². The van der Waals surface area contributed by atoms with Gasteiger partial charge in [0, 0.05) is 42.7 Å². The summed E-state index contributed by atoms with van der Waals surface area (Å²) in [4.78, 5) is 15.5. The van der Waals surface area contributed by atoms with E-state index < -0.39 is 0 Å². The third-order valence-corrected chi connectivity index (χ3v) is 7.67. The Morgan fingerprint density at radius 2 is 1.58 bits per heavy atom. The molecule has 0 aromatic heterocycles. The van der Waals surface area contributed by atoms with Gasteiger partial charge in [-0.1, -0.05) is 78.3 Å². The molecule has 0 radical (unpaired) electrons. The number of hydrogen-bond donors (Lipinski definition) is 1. The number of nitrogens with zero attached hydrogens (tertiary/aromatic N) is 1. The summed E-state index contributed by atoms with van der Waals surface area (Å²) in [6.45, 7) is 7.71. The Balaban J connectivity index is 0.000000445. The number of likely N-dealkylation sites (tertiary alicyclic amines) is 1. The van der Waals surface area contributed by atoms with Crippen LogP contribution in [-0.4, -0.2) is 43.6 Å². The van der Waals surface area contributed by atoms with Gasteiger partial charge in [-0.05, 0) is 55.9 Å². The summed E-state index contributed by atoms with van der Waals surface area (Å²) in [5.41, 5.74) is 3.44. The number of hydrogen-bond acceptors (Lipinski definition) is 3. The molecule has 3 aromatic carbocycles. The van der Waals surface area contributed by atoms with E-state index >= 15 is 0 Å². The van der Waals surface area contributed by atoms with Gasteiger partial charge in [0.15, 0.2) is 0 Å². The van der Waals surface area contributed by atoms with E-state index in [0.717, 1.165) is 54.4 Å². The molecule has 2 aliphatic heterocycles. The van der Waals surface area contributed by atoms with Crippen LogP contribution in [0.3, 0.4) is 0 Å². The van der Waals surface area contributed by atoms with Crippen molar-refractivity contribution in [2.45, 2.75) is 38.5 Å². The molecule has 3 aromatic rings. The van der Waals surface area contributed by atoms with Crippen LogP contribution >= 0.6 is 11.6 Å². The molecule has 2 fully saturated rings. The van der Waals surface area contributed by atoms with E-state index in [2.05, 4.69) is 40.5 Å². The van der Waals surface area contributed by atoms with Crippen molar-refractivity contribution in [3.63, 3.8) is 0 Å². The van der Waals surface area contributed by atoms with Crippen LogP contribution in [0.25, 0.3) is 0 Å². The Bertz CT molecular complexity index is 1070. The first-order valence-electron chi connectivity index (χ1n) is 13.1. The number of aryl methyl sites for hydroxylation is 1. The molecule has 0 spiro atoms. The average Bonchev–Trinajstić information content (AvgIpc) is 3.42. The topological polar surface area (TPSA) is 41.6 Å². The zero-order valence-electron chi connectivity index (χ0n) is 21.3. The van der Waals surface area contributed by atoms with Crippen molar-refractivity contribution in [1.82, 2.24) is 10.2 Å². The summed E-state index contributed by atoms with van der Waals surface area (Å²) in [7, 11) is 0. The quantitative estimate of drug-likeness (QED) is 0.434. The fourth-order valence-electron chi connectivity index (χ4n) is 5.28. The molecule has 0 aliphatic carbocycles. The van der Waals surface area contributed by atoms with Gasteiger partial charge in [-0.15, -0.1) is 0 Å². The number of piperidine rings is 1. The zero-order valence-corrected chi connectivity index (χ0v) is 22.1. The first-order chi connectivity index (χ1) is 17.6. The van der Waals surface area contributed by atoms with Crippen LogP contribution in [0, 0.1) is 12.8 Å². The summed E-state index contributed by atoms with van der Waals surface area (Å²) in [6, 6.07) is 26.7. The molecule has 36 heavy (non-hydrogen) atoms. The van der Waals surface area contributed by atoms with Crippen molar-refractivity contribution in [2.75, 3.05) is 32.8 Å². The molecule has 2 heterocycles. The lowest BCUT2D eigenvalue weighted by Gasteiger charge is -2.35. The molecular formula is C31H37ClN2O2. The third kappa shape index (κ3) is 6.48. The van der Waals surface area contributed by atoms with E-state index in [1.165, 1.54) is 5.56 Å². The monoisotopic (exact) mass is 504 g/mol. The summed E-state index contributed by atoms with van der Waals surface area (Å²) < 4.78 is 5.91. The number of rotatable bonds is 5. The summed E-state index contributed by atoms with van der Waals surface area (Å²) in [5.74, 6) is 1.68. The highest BCUT2D eigenvalue weighted by Gasteiger charge is 2.39. The minimum absolute atomic E-state index is 0.0729. The molecule has 5 heteroatoms. The molecule has 2 saturated heterocycles. The Kier molecular flexibility index (Phi) is 9.43. The van der Waals surface area contributed by atoms with Gasteiger partial charge in [-0.3, -0.25) is 4.79 Å². The minimum Gasteiger partial charge on any atom is -0.494 e. The maximum atomic E-state index is 13.5. The van der Waals surface area contributed by atoms with E-state index in [-0.39, 0.29) is 17.7 Å². The molecule has 2 atom stereocenters. The van der Waals surface area contributed by atoms with Gasteiger partial charge in [0.1, 0.15) is 5.75 Å². The zero-order chi connectivity index (χ0) is 25.3. The second-order valence-corrected chi connectivity index (χ2v) is 10.0. The smallest absolute Gasteiger partial charge is 0.227 e. The van der Waals surface area contributed by atoms with E-state index in [4.69, 9.17) is 16.3 Å². The molecule has 1 N–H and O–H groups in total. The predicted octanol–water partition coefficient (Wildman–Crippen LogP) is 6.44. The van der Waals surface area contributed by atoms with Gasteiger partial charge in [0.2, 0.25) is 5.91 Å². The third-order valence-electron chi connectivity index (χ3n) is 7.27. The Morgan fingerprint density at radius 3 is 2.19 bits per heavy atom. The van der Waals surface area contributed by atoms with Crippen LogP contribution in [-0.2, 0) is 4.79 Å². The molecule has 0 saturated carbocycles. The molecule has 1 amide bonds. The van der Waals surface area contributed by atoms with Crippen LogP contribution in [0.1, 0.15) is 48.3 Å². The molecule has 2 aliphatic rings. The van der Waals surface area contributed by atoms with E-state index in [1.807, 2.05) is 62.4 Å². The van der Waals surface area contributed by atoms with Crippen LogP contribution in [0.5, 0.6) is 5.75 Å². The highest BCUT2D eigenvalue weighted by atomic mass is 35.5. The van der Waals surface area contributed by atoms with Crippen molar-refractivity contribution in [3.05, 3.63) is 101 Å². The number of benzene rings is 3. The summed E-state index contributed by atoms with van der Waals surface area (Å²) in [5, 5.41) is 4.16. The number of amides is 1. The van der Waals surface area contributed by atoms with Gasteiger partial charge in [0.05, 0.1) is 12.5 Å². The van der Waals surface area contributed by atoms with E-state index in [0.29, 0.717) is 19.1 Å². The minimum atomic E-state index is -0.0729. The average molecular weight is 505 g/mol. The second kappa shape index (κ2) is 12.9. The fourth-order valence-corrected chi connectivity index (χ4v) is 5.46. The molecule has 5 rings (SSSR count). The maximum absolute atomic E-state index is 13.5. The molecule has 0 bridgehead atoms. The van der Waals surface area contributed by atoms with Crippen molar-refractivity contribution in [2.24, 2.45) is 5.92 Å². The SMILES string of the molecule is CCOc1cc(C)c(Cl)cc1C1CNC[C@H]1C(=O)N1CCC(c2ccccc2)CC1.c1ccccc1. The van der Waals surface area contributed by atoms with E-state index in [1.54, 1.807) is 0 Å². The molecule has 1 unspecified atom stereocenters. The van der Waals surface area contributed by atoms with Gasteiger partial charge in [0.25, 0.3) is 0 Å². The lowest BCUT2D eigenvalue weighted by atomic mass is 9.85.